The van der Waals surface area contributed by atoms with Crippen molar-refractivity contribution in [3.05, 3.63) is 12.7 Å². The van der Waals surface area contributed by atoms with E-state index in [9.17, 15) is 5.11 Å². The van der Waals surface area contributed by atoms with E-state index in [-0.39, 0.29) is 17.4 Å². The lowest BCUT2D eigenvalue weighted by Crippen LogP contribution is -2.43. The fourth-order valence-corrected chi connectivity index (χ4v) is 3.64. The molecule has 8 nitrogen and oxygen atoms in total. The average Bonchev–Trinajstić information content (AvgIpc) is 3.08. The summed E-state index contributed by atoms with van der Waals surface area (Å²) in [6, 6.07) is 0. The molecular weight excluding hydrogens is 338 g/mol. The van der Waals surface area contributed by atoms with Crippen molar-refractivity contribution >= 4 is 25.3 Å². The average molecular weight is 366 g/mol. The Morgan fingerprint density at radius 2 is 2.08 bits per heavy atom. The first kappa shape index (κ1) is 18.2. The zero-order valence-electron chi connectivity index (χ0n) is 15.4. The molecule has 1 saturated heterocycles. The van der Waals surface area contributed by atoms with Gasteiger partial charge in [-0.05, 0) is 18.1 Å². The SMILES string of the molecule is CC(C)(C)[Si](C)(C)OC[C@H]1O[C@@H](n2cnc3c(N)ncnc32)CC1O. The minimum Gasteiger partial charge on any atom is -0.414 e. The molecule has 2 aromatic rings. The summed E-state index contributed by atoms with van der Waals surface area (Å²) in [5, 5.41) is 10.5. The number of nitrogens with zero attached hydrogens (tertiary/aromatic N) is 4. The van der Waals surface area contributed by atoms with Gasteiger partial charge in [-0.2, -0.15) is 0 Å². The summed E-state index contributed by atoms with van der Waals surface area (Å²) in [4.78, 5) is 12.4. The van der Waals surface area contributed by atoms with Gasteiger partial charge in [-0.1, -0.05) is 20.8 Å². The van der Waals surface area contributed by atoms with Gasteiger partial charge < -0.3 is 20.0 Å². The molecule has 0 saturated carbocycles. The molecule has 3 rings (SSSR count). The van der Waals surface area contributed by atoms with Crippen molar-refractivity contribution < 1.29 is 14.3 Å². The van der Waals surface area contributed by atoms with Crippen LogP contribution in [0.2, 0.25) is 18.1 Å². The highest BCUT2D eigenvalue weighted by Crippen LogP contribution is 2.38. The number of aromatic nitrogens is 4. The van der Waals surface area contributed by atoms with Crippen LogP contribution in [0.1, 0.15) is 33.4 Å². The van der Waals surface area contributed by atoms with E-state index in [0.717, 1.165) is 0 Å². The molecular formula is C16H27N5O3Si. The van der Waals surface area contributed by atoms with Crippen molar-refractivity contribution in [2.45, 2.75) is 63.8 Å². The molecule has 1 fully saturated rings. The summed E-state index contributed by atoms with van der Waals surface area (Å²) >= 11 is 0. The second-order valence-corrected chi connectivity index (χ2v) is 12.9. The lowest BCUT2D eigenvalue weighted by atomic mass is 10.2. The molecule has 2 aromatic heterocycles. The number of aliphatic hydroxyl groups excluding tert-OH is 1. The first-order valence-electron chi connectivity index (χ1n) is 8.50. The number of ether oxygens (including phenoxy) is 1. The first-order chi connectivity index (χ1) is 11.6. The Morgan fingerprint density at radius 1 is 1.36 bits per heavy atom. The van der Waals surface area contributed by atoms with Gasteiger partial charge in [-0.3, -0.25) is 4.57 Å². The van der Waals surface area contributed by atoms with E-state index in [0.29, 0.717) is 30.0 Å². The van der Waals surface area contributed by atoms with Gasteiger partial charge in [0.2, 0.25) is 0 Å². The lowest BCUT2D eigenvalue weighted by molar-refractivity contribution is -0.0405. The Hall–Kier alpha value is -1.55. The molecule has 138 valence electrons. The van der Waals surface area contributed by atoms with Gasteiger partial charge in [0, 0.05) is 6.42 Å². The molecule has 1 aliphatic heterocycles. The van der Waals surface area contributed by atoms with Crippen LogP contribution < -0.4 is 5.73 Å². The summed E-state index contributed by atoms with van der Waals surface area (Å²) in [5.74, 6) is 0.333. The Kier molecular flexibility index (Phi) is 4.61. The lowest BCUT2D eigenvalue weighted by Gasteiger charge is -2.37. The molecule has 0 aromatic carbocycles. The molecule has 3 N–H and O–H groups in total. The monoisotopic (exact) mass is 365 g/mol. The Balaban J connectivity index is 1.72. The second kappa shape index (κ2) is 6.31. The number of rotatable bonds is 4. The van der Waals surface area contributed by atoms with Crippen molar-refractivity contribution in [3.63, 3.8) is 0 Å². The van der Waals surface area contributed by atoms with E-state index in [1.807, 2.05) is 0 Å². The number of hydrogen-bond acceptors (Lipinski definition) is 7. The second-order valence-electron chi connectivity index (χ2n) is 8.09. The maximum absolute atomic E-state index is 10.4. The predicted molar refractivity (Wildman–Crippen MR) is 97.4 cm³/mol. The summed E-state index contributed by atoms with van der Waals surface area (Å²) in [6.07, 6.45) is 2.19. The molecule has 25 heavy (non-hydrogen) atoms. The molecule has 3 atom stereocenters. The highest BCUT2D eigenvalue weighted by atomic mass is 28.4. The third kappa shape index (κ3) is 3.41. The van der Waals surface area contributed by atoms with Crippen molar-refractivity contribution in [1.29, 1.82) is 0 Å². The van der Waals surface area contributed by atoms with Gasteiger partial charge in [0.1, 0.15) is 24.2 Å². The van der Waals surface area contributed by atoms with E-state index in [4.69, 9.17) is 14.9 Å². The van der Waals surface area contributed by atoms with E-state index in [1.54, 1.807) is 10.9 Å². The number of nitrogen functional groups attached to an aromatic ring is 1. The van der Waals surface area contributed by atoms with Crippen LogP contribution in [-0.4, -0.2) is 51.8 Å². The number of hydrogen-bond donors (Lipinski definition) is 2. The number of aliphatic hydroxyl groups is 1. The summed E-state index contributed by atoms with van der Waals surface area (Å²) in [5.41, 5.74) is 6.98. The number of fused-ring (bicyclic) bond motifs is 1. The van der Waals surface area contributed by atoms with E-state index in [2.05, 4.69) is 48.8 Å². The maximum Gasteiger partial charge on any atom is 0.192 e. The van der Waals surface area contributed by atoms with Crippen LogP contribution in [0, 0.1) is 0 Å². The third-order valence-corrected chi connectivity index (χ3v) is 9.82. The summed E-state index contributed by atoms with van der Waals surface area (Å²) in [6.45, 7) is 11.3. The van der Waals surface area contributed by atoms with Crippen molar-refractivity contribution in [3.8, 4) is 0 Å². The predicted octanol–water partition coefficient (Wildman–Crippen LogP) is 2.08. The van der Waals surface area contributed by atoms with Crippen molar-refractivity contribution in [1.82, 2.24) is 19.5 Å². The van der Waals surface area contributed by atoms with Gasteiger partial charge in [0.05, 0.1) is 19.0 Å². The summed E-state index contributed by atoms with van der Waals surface area (Å²) in [7, 11) is -1.89. The number of nitrogens with two attached hydrogens (primary N) is 1. The fourth-order valence-electron chi connectivity index (χ4n) is 2.62. The zero-order chi connectivity index (χ0) is 18.4. The highest BCUT2D eigenvalue weighted by Gasteiger charge is 2.41. The first-order valence-corrected chi connectivity index (χ1v) is 11.4. The molecule has 0 aliphatic carbocycles. The van der Waals surface area contributed by atoms with Gasteiger partial charge >= 0.3 is 0 Å². The molecule has 1 aliphatic rings. The van der Waals surface area contributed by atoms with E-state index >= 15 is 0 Å². The molecule has 1 unspecified atom stereocenters. The largest absolute Gasteiger partial charge is 0.414 e. The molecule has 9 heteroatoms. The quantitative estimate of drug-likeness (QED) is 0.798. The number of imidazole rings is 1. The van der Waals surface area contributed by atoms with Crippen LogP contribution in [-0.2, 0) is 9.16 Å². The highest BCUT2D eigenvalue weighted by molar-refractivity contribution is 6.74. The van der Waals surface area contributed by atoms with Crippen LogP contribution in [0.3, 0.4) is 0 Å². The zero-order valence-corrected chi connectivity index (χ0v) is 16.4. The van der Waals surface area contributed by atoms with Gasteiger partial charge in [-0.15, -0.1) is 0 Å². The minimum atomic E-state index is -1.89. The van der Waals surface area contributed by atoms with Crippen LogP contribution >= 0.6 is 0 Å². The topological polar surface area (TPSA) is 108 Å². The van der Waals surface area contributed by atoms with E-state index < -0.39 is 14.4 Å². The minimum absolute atomic E-state index is 0.116. The van der Waals surface area contributed by atoms with Crippen LogP contribution in [0.5, 0.6) is 0 Å². The fraction of sp³-hybridized carbons (Fsp3) is 0.688. The number of anilines is 1. The van der Waals surface area contributed by atoms with Crippen LogP contribution in [0.4, 0.5) is 5.82 Å². The molecule has 0 bridgehead atoms. The Morgan fingerprint density at radius 3 is 2.76 bits per heavy atom. The molecule has 0 radical (unpaired) electrons. The normalized spacial score (nSPS) is 25.0. The smallest absolute Gasteiger partial charge is 0.192 e. The van der Waals surface area contributed by atoms with Crippen LogP contribution in [0.15, 0.2) is 12.7 Å². The van der Waals surface area contributed by atoms with E-state index in [1.165, 1.54) is 6.33 Å². The summed E-state index contributed by atoms with van der Waals surface area (Å²) < 4.78 is 14.0. The molecule has 3 heterocycles. The third-order valence-electron chi connectivity index (χ3n) is 5.32. The standard InChI is InChI=1S/C16H27N5O3Si/c1-16(2,3)25(4,5)23-7-11-10(22)6-12(24-11)21-9-20-13-14(17)18-8-19-15(13)21/h8-12,22H,6-7H2,1-5H3,(H2,17,18,19)/t10?,11-,12-/m1/s1. The Bertz CT molecular complexity index is 758. The maximum atomic E-state index is 10.4. The van der Waals surface area contributed by atoms with Gasteiger partial charge in [0.25, 0.3) is 0 Å². The van der Waals surface area contributed by atoms with Crippen LogP contribution in [0.25, 0.3) is 11.2 Å². The van der Waals surface area contributed by atoms with Crippen molar-refractivity contribution in [2.75, 3.05) is 12.3 Å². The van der Waals surface area contributed by atoms with Crippen molar-refractivity contribution in [2.24, 2.45) is 0 Å². The van der Waals surface area contributed by atoms with Gasteiger partial charge in [-0.25, -0.2) is 15.0 Å². The molecule has 0 amide bonds. The Labute approximate surface area is 148 Å². The molecule has 0 spiro atoms. The van der Waals surface area contributed by atoms with Gasteiger partial charge in [0.15, 0.2) is 19.8 Å².